The summed E-state index contributed by atoms with van der Waals surface area (Å²) in [5.41, 5.74) is 1.22. The molecule has 1 saturated carbocycles. The van der Waals surface area contributed by atoms with Gasteiger partial charge in [-0.2, -0.15) is 0 Å². The van der Waals surface area contributed by atoms with Crippen LogP contribution in [0.1, 0.15) is 55.5 Å². The fourth-order valence-corrected chi connectivity index (χ4v) is 5.88. The summed E-state index contributed by atoms with van der Waals surface area (Å²) in [5, 5.41) is 5.22. The zero-order valence-electron chi connectivity index (χ0n) is 21.7. The first kappa shape index (κ1) is 26.1. The van der Waals surface area contributed by atoms with Crippen LogP contribution in [-0.2, 0) is 16.0 Å². The first-order valence-electron chi connectivity index (χ1n) is 13.4. The summed E-state index contributed by atoms with van der Waals surface area (Å²) in [5.74, 6) is 1.39. The van der Waals surface area contributed by atoms with Crippen LogP contribution in [0.4, 0.5) is 5.69 Å². The van der Waals surface area contributed by atoms with Crippen LogP contribution >= 0.6 is 11.3 Å². The van der Waals surface area contributed by atoms with Gasteiger partial charge in [-0.25, -0.2) is 0 Å². The Labute approximate surface area is 227 Å². The van der Waals surface area contributed by atoms with Gasteiger partial charge in [-0.3, -0.25) is 14.5 Å². The smallest absolute Gasteiger partial charge is 0.248 e. The molecule has 38 heavy (non-hydrogen) atoms. The molecule has 0 unspecified atom stereocenters. The van der Waals surface area contributed by atoms with Crippen LogP contribution in [0.25, 0.3) is 0 Å². The second kappa shape index (κ2) is 12.3. The third-order valence-corrected chi connectivity index (χ3v) is 7.83. The number of amides is 2. The molecule has 0 radical (unpaired) electrons. The summed E-state index contributed by atoms with van der Waals surface area (Å²) in [6.07, 6.45) is 5.43. The number of rotatable bonds is 9. The van der Waals surface area contributed by atoms with E-state index in [4.69, 9.17) is 14.2 Å². The number of nitrogens with zero attached hydrogens (tertiary/aromatic N) is 1. The molecule has 2 heterocycles. The molecule has 1 atom stereocenters. The lowest BCUT2D eigenvalue weighted by molar-refractivity contribution is -0.127. The molecule has 2 aliphatic rings. The van der Waals surface area contributed by atoms with E-state index < -0.39 is 6.04 Å². The van der Waals surface area contributed by atoms with Crippen molar-refractivity contribution in [1.29, 1.82) is 0 Å². The van der Waals surface area contributed by atoms with Gasteiger partial charge in [0, 0.05) is 28.2 Å². The largest absolute Gasteiger partial charge is 0.493 e. The van der Waals surface area contributed by atoms with E-state index in [0.29, 0.717) is 48.3 Å². The molecule has 7 nitrogen and oxygen atoms in total. The van der Waals surface area contributed by atoms with E-state index in [9.17, 15) is 9.59 Å². The highest BCUT2D eigenvalue weighted by Gasteiger charge is 2.36. The first-order chi connectivity index (χ1) is 18.6. The molecule has 1 aliphatic carbocycles. The summed E-state index contributed by atoms with van der Waals surface area (Å²) in [6.45, 7) is 3.26. The highest BCUT2D eigenvalue weighted by Crippen LogP contribution is 2.39. The van der Waals surface area contributed by atoms with Gasteiger partial charge in [0.15, 0.2) is 11.5 Å². The number of nitrogens with one attached hydrogen (secondary N) is 1. The quantitative estimate of drug-likeness (QED) is 0.382. The maximum atomic E-state index is 14.2. The van der Waals surface area contributed by atoms with Gasteiger partial charge >= 0.3 is 0 Å². The van der Waals surface area contributed by atoms with Crippen LogP contribution in [0.3, 0.4) is 0 Å². The summed E-state index contributed by atoms with van der Waals surface area (Å²) >= 11 is 1.52. The number of carbonyl (C=O) groups excluding carboxylic acids is 2. The molecule has 1 N–H and O–H groups in total. The van der Waals surface area contributed by atoms with Crippen molar-refractivity contribution in [3.8, 4) is 17.2 Å². The second-order valence-electron chi connectivity index (χ2n) is 9.56. The molecule has 8 heteroatoms. The minimum Gasteiger partial charge on any atom is -0.493 e. The molecule has 200 valence electrons. The monoisotopic (exact) mass is 534 g/mol. The second-order valence-corrected chi connectivity index (χ2v) is 10.6. The summed E-state index contributed by atoms with van der Waals surface area (Å²) in [4.78, 5) is 30.8. The van der Waals surface area contributed by atoms with Crippen LogP contribution in [-0.4, -0.2) is 37.7 Å². The third kappa shape index (κ3) is 5.96. The van der Waals surface area contributed by atoms with E-state index in [2.05, 4.69) is 5.32 Å². The molecule has 5 rings (SSSR count). The maximum Gasteiger partial charge on any atom is 0.248 e. The Bertz CT molecular complexity index is 1240. The lowest BCUT2D eigenvalue weighted by atomic mass is 9.94. The normalized spacial score (nSPS) is 15.9. The van der Waals surface area contributed by atoms with Crippen molar-refractivity contribution in [3.63, 3.8) is 0 Å². The molecule has 2 amide bonds. The molecule has 0 bridgehead atoms. The number of benzene rings is 2. The van der Waals surface area contributed by atoms with Crippen molar-refractivity contribution in [2.75, 3.05) is 24.7 Å². The van der Waals surface area contributed by atoms with Gasteiger partial charge < -0.3 is 19.5 Å². The van der Waals surface area contributed by atoms with E-state index >= 15 is 0 Å². The number of anilines is 1. The Balaban J connectivity index is 1.60. The first-order valence-corrected chi connectivity index (χ1v) is 14.3. The van der Waals surface area contributed by atoms with Crippen LogP contribution < -0.4 is 24.4 Å². The fourth-order valence-electron chi connectivity index (χ4n) is 5.18. The number of hydrogen-bond donors (Lipinski definition) is 1. The number of thiophene rings is 1. The number of hydrogen-bond acceptors (Lipinski definition) is 6. The fraction of sp³-hybridized carbons (Fsp3) is 0.400. The van der Waals surface area contributed by atoms with Gasteiger partial charge in [-0.05, 0) is 49.4 Å². The van der Waals surface area contributed by atoms with Crippen molar-refractivity contribution >= 4 is 28.8 Å². The average Bonchev–Trinajstić information content (AvgIpc) is 3.45. The van der Waals surface area contributed by atoms with Crippen LogP contribution in [0.15, 0.2) is 60.0 Å². The predicted molar refractivity (Wildman–Crippen MR) is 148 cm³/mol. The SMILES string of the molecule is CCOc1ccccc1[C@@H](C(=O)NC1CCCCC1)N(C(=O)Cc1cccs1)c1ccc2c(c1)OCCO2. The Morgan fingerprint density at radius 1 is 1.03 bits per heavy atom. The van der Waals surface area contributed by atoms with Crippen molar-refractivity contribution < 1.29 is 23.8 Å². The van der Waals surface area contributed by atoms with Crippen LogP contribution in [0.2, 0.25) is 0 Å². The number of fused-ring (bicyclic) bond motifs is 1. The van der Waals surface area contributed by atoms with Crippen molar-refractivity contribution in [2.24, 2.45) is 0 Å². The van der Waals surface area contributed by atoms with Gasteiger partial charge in [0.25, 0.3) is 0 Å². The Hall–Kier alpha value is -3.52. The highest BCUT2D eigenvalue weighted by molar-refractivity contribution is 7.10. The zero-order chi connectivity index (χ0) is 26.3. The molecule has 0 saturated heterocycles. The van der Waals surface area contributed by atoms with Gasteiger partial charge in [-0.15, -0.1) is 11.3 Å². The van der Waals surface area contributed by atoms with Crippen molar-refractivity contribution in [3.05, 3.63) is 70.4 Å². The van der Waals surface area contributed by atoms with Gasteiger partial charge in [0.2, 0.25) is 11.8 Å². The van der Waals surface area contributed by atoms with E-state index in [-0.39, 0.29) is 24.3 Å². The van der Waals surface area contributed by atoms with Crippen molar-refractivity contribution in [1.82, 2.24) is 5.32 Å². The lowest BCUT2D eigenvalue weighted by Gasteiger charge is -2.34. The third-order valence-electron chi connectivity index (χ3n) is 6.95. The van der Waals surface area contributed by atoms with Gasteiger partial charge in [0.1, 0.15) is 25.0 Å². The molecular formula is C30H34N2O5S. The molecule has 1 aromatic heterocycles. The molecule has 3 aromatic rings. The molecule has 0 spiro atoms. The zero-order valence-corrected chi connectivity index (χ0v) is 22.5. The summed E-state index contributed by atoms with van der Waals surface area (Å²) in [7, 11) is 0. The van der Waals surface area contributed by atoms with Gasteiger partial charge in [-0.1, -0.05) is 43.5 Å². The van der Waals surface area contributed by atoms with E-state index in [1.165, 1.54) is 17.8 Å². The summed E-state index contributed by atoms with van der Waals surface area (Å²) < 4.78 is 17.5. The molecular weight excluding hydrogens is 500 g/mol. The summed E-state index contributed by atoms with van der Waals surface area (Å²) in [6, 6.07) is 16.0. The molecule has 1 aliphatic heterocycles. The molecule has 1 fully saturated rings. The molecule has 2 aromatic carbocycles. The number of carbonyl (C=O) groups is 2. The number of para-hydroxylation sites is 1. The average molecular weight is 535 g/mol. The standard InChI is InChI=1S/C30H34N2O5S/c1-2-35-25-13-7-6-12-24(25)29(30(34)31-21-9-4-3-5-10-21)32(28(33)20-23-11-8-18-38-23)22-14-15-26-27(19-22)37-17-16-36-26/h6-8,11-15,18-19,21,29H,2-5,9-10,16-17,20H2,1H3,(H,31,34)/t29-/m0/s1. The Morgan fingerprint density at radius 3 is 2.58 bits per heavy atom. The van der Waals surface area contributed by atoms with E-state index in [1.807, 2.05) is 54.8 Å². The minimum atomic E-state index is -0.922. The Kier molecular flexibility index (Phi) is 8.48. The van der Waals surface area contributed by atoms with Gasteiger partial charge in [0.05, 0.1) is 13.0 Å². The Morgan fingerprint density at radius 2 is 1.82 bits per heavy atom. The number of ether oxygens (including phenoxy) is 3. The minimum absolute atomic E-state index is 0.0903. The van der Waals surface area contributed by atoms with Crippen molar-refractivity contribution in [2.45, 2.75) is 57.5 Å². The lowest BCUT2D eigenvalue weighted by Crippen LogP contribution is -2.47. The van der Waals surface area contributed by atoms with Crippen LogP contribution in [0, 0.1) is 0 Å². The van der Waals surface area contributed by atoms with E-state index in [0.717, 1.165) is 30.6 Å². The highest BCUT2D eigenvalue weighted by atomic mass is 32.1. The van der Waals surface area contributed by atoms with Crippen LogP contribution in [0.5, 0.6) is 17.2 Å². The maximum absolute atomic E-state index is 14.2. The van der Waals surface area contributed by atoms with E-state index in [1.54, 1.807) is 17.0 Å². The topological polar surface area (TPSA) is 77.1 Å². The predicted octanol–water partition coefficient (Wildman–Crippen LogP) is 5.68.